The number of hydrogen-bond acceptors (Lipinski definition) is 2. The van der Waals surface area contributed by atoms with Crippen LogP contribution in [0.15, 0.2) is 43.3 Å². The van der Waals surface area contributed by atoms with Gasteiger partial charge in [-0.15, -0.1) is 18.9 Å². The summed E-state index contributed by atoms with van der Waals surface area (Å²) in [5, 5.41) is 3.52. The molecule has 1 fully saturated rings. The molecule has 3 nitrogen and oxygen atoms in total. The maximum Gasteiger partial charge on any atom is 0.219 e. The molecule has 1 heterocycles. The number of likely N-dealkylation sites (tertiary alicyclic amines) is 1. The molecule has 156 valence electrons. The molecule has 0 aromatic carbocycles. The molecule has 1 unspecified atom stereocenters. The van der Waals surface area contributed by atoms with Crippen LogP contribution in [0.1, 0.15) is 69.7 Å². The summed E-state index contributed by atoms with van der Waals surface area (Å²) in [6.45, 7) is 29.8. The largest absolute Gasteiger partial charge is 0.377 e. The summed E-state index contributed by atoms with van der Waals surface area (Å²) in [6.07, 6.45) is 5.92. The van der Waals surface area contributed by atoms with Crippen LogP contribution in [0.3, 0.4) is 0 Å². The predicted molar refractivity (Wildman–Crippen MR) is 121 cm³/mol. The fraction of sp³-hybridized carbons (Fsp3) is 0.667. The first-order valence-corrected chi connectivity index (χ1v) is 9.91. The van der Waals surface area contributed by atoms with E-state index in [1.54, 1.807) is 6.92 Å². The minimum atomic E-state index is -0.183. The quantitative estimate of drug-likeness (QED) is 0.485. The van der Waals surface area contributed by atoms with E-state index in [0.29, 0.717) is 11.3 Å². The summed E-state index contributed by atoms with van der Waals surface area (Å²) in [6, 6.07) is 0. The Morgan fingerprint density at radius 2 is 1.52 bits per heavy atom. The topological polar surface area (TPSA) is 32.3 Å². The number of nitrogens with one attached hydrogen (secondary N) is 1. The lowest BCUT2D eigenvalue weighted by Crippen LogP contribution is -2.46. The molecule has 1 amide bonds. The van der Waals surface area contributed by atoms with Gasteiger partial charge >= 0.3 is 0 Å². The number of rotatable bonds is 4. The maximum absolute atomic E-state index is 11.5. The summed E-state index contributed by atoms with van der Waals surface area (Å²) in [5.74, 6) is 0.616. The van der Waals surface area contributed by atoms with Crippen LogP contribution in [0.2, 0.25) is 0 Å². The van der Waals surface area contributed by atoms with E-state index in [0.717, 1.165) is 31.6 Å². The van der Waals surface area contributed by atoms with Gasteiger partial charge in [-0.05, 0) is 51.9 Å². The van der Waals surface area contributed by atoms with Crippen molar-refractivity contribution in [2.75, 3.05) is 13.1 Å². The zero-order chi connectivity index (χ0) is 21.5. The van der Waals surface area contributed by atoms with Crippen LogP contribution in [0.5, 0.6) is 0 Å². The van der Waals surface area contributed by atoms with E-state index in [1.165, 1.54) is 0 Å². The average molecular weight is 377 g/mol. The Balaban J connectivity index is 0. The third-order valence-corrected chi connectivity index (χ3v) is 5.04. The van der Waals surface area contributed by atoms with Crippen molar-refractivity contribution < 1.29 is 6.22 Å². The van der Waals surface area contributed by atoms with Gasteiger partial charge in [-0.1, -0.05) is 39.5 Å². The van der Waals surface area contributed by atoms with Gasteiger partial charge in [-0.3, -0.25) is 4.79 Å². The van der Waals surface area contributed by atoms with Gasteiger partial charge in [0.15, 0.2) is 0 Å². The van der Waals surface area contributed by atoms with Crippen LogP contribution in [0, 0.1) is 16.7 Å². The van der Waals surface area contributed by atoms with Gasteiger partial charge in [0.2, 0.25) is 5.91 Å². The molecule has 1 aliphatic rings. The monoisotopic (exact) mass is 376 g/mol. The number of nitrogens with zero attached hydrogens (tertiary/aromatic N) is 1. The third-order valence-electron chi connectivity index (χ3n) is 5.04. The zero-order valence-corrected chi connectivity index (χ0v) is 19.0. The first kappa shape index (κ1) is 25.3. The fourth-order valence-electron chi connectivity index (χ4n) is 3.01. The third kappa shape index (κ3) is 8.67. The summed E-state index contributed by atoms with van der Waals surface area (Å²) in [5.41, 5.74) is 4.18. The van der Waals surface area contributed by atoms with Gasteiger partial charge in [0.1, 0.15) is 0 Å². The van der Waals surface area contributed by atoms with Crippen LogP contribution in [-0.2, 0) is 4.79 Å². The summed E-state index contributed by atoms with van der Waals surface area (Å²) >= 11 is 0. The van der Waals surface area contributed by atoms with Gasteiger partial charge in [0.05, 0.1) is 5.70 Å². The molecule has 0 spiro atoms. The smallest absolute Gasteiger partial charge is 0.219 e. The highest BCUT2D eigenvalue weighted by molar-refractivity contribution is 5.73. The van der Waals surface area contributed by atoms with Crippen LogP contribution < -0.4 is 5.32 Å². The van der Waals surface area contributed by atoms with Gasteiger partial charge in [0.25, 0.3) is 0 Å². The van der Waals surface area contributed by atoms with Crippen molar-refractivity contribution in [3.63, 3.8) is 0 Å². The van der Waals surface area contributed by atoms with Gasteiger partial charge in [-0.25, -0.2) is 0 Å². The predicted octanol–water partition coefficient (Wildman–Crippen LogP) is 5.96. The lowest BCUT2D eigenvalue weighted by atomic mass is 9.70. The summed E-state index contributed by atoms with van der Waals surface area (Å²) in [4.78, 5) is 13.4. The number of carbonyl (C=O) groups is 1. The number of carbonyl (C=O) groups excluding carboxylic acids is 1. The standard InChI is InChI=1S/C18H30N2O.C6H12.H2/c1-8-16(19-17(4,5)6)18(7,9-2)15-10-12-20(13-11-15)14(3)21;1-5-6(2,3)4;/h9,15,19H,1-2,10-13H2,3-7H3;5H,1H2,2-4H3;1H. The van der Waals surface area contributed by atoms with Crippen molar-refractivity contribution in [1.82, 2.24) is 10.2 Å². The highest BCUT2D eigenvalue weighted by Crippen LogP contribution is 2.41. The van der Waals surface area contributed by atoms with Crippen molar-refractivity contribution in [2.24, 2.45) is 16.7 Å². The molecule has 1 aliphatic heterocycles. The first-order chi connectivity index (χ1) is 12.2. The van der Waals surface area contributed by atoms with Gasteiger partial charge < -0.3 is 10.2 Å². The Bertz CT molecular complexity index is 568. The van der Waals surface area contributed by atoms with Gasteiger partial charge in [0, 0.05) is 32.4 Å². The minimum Gasteiger partial charge on any atom is -0.377 e. The normalized spacial score (nSPS) is 17.6. The highest BCUT2D eigenvalue weighted by atomic mass is 16.2. The van der Waals surface area contributed by atoms with Crippen LogP contribution >= 0.6 is 0 Å². The lowest BCUT2D eigenvalue weighted by molar-refractivity contribution is -0.130. The van der Waals surface area contributed by atoms with E-state index in [4.69, 9.17) is 0 Å². The van der Waals surface area contributed by atoms with Crippen molar-refractivity contribution in [3.8, 4) is 0 Å². The second-order valence-corrected chi connectivity index (χ2v) is 9.76. The molecule has 3 heteroatoms. The van der Waals surface area contributed by atoms with Crippen LogP contribution in [0.4, 0.5) is 0 Å². The Hall–Kier alpha value is -1.73. The molecule has 1 rings (SSSR count). The number of hydrogen-bond donors (Lipinski definition) is 1. The zero-order valence-electron chi connectivity index (χ0n) is 19.0. The molecule has 0 aromatic rings. The van der Waals surface area contributed by atoms with Crippen molar-refractivity contribution >= 4 is 5.91 Å². The first-order valence-electron chi connectivity index (χ1n) is 9.91. The molecule has 1 N–H and O–H groups in total. The van der Waals surface area contributed by atoms with Crippen molar-refractivity contribution in [1.29, 1.82) is 0 Å². The van der Waals surface area contributed by atoms with E-state index in [9.17, 15) is 4.79 Å². The average Bonchev–Trinajstić information content (AvgIpc) is 2.58. The number of amides is 1. The molecular formula is C24H44N2O. The van der Waals surface area contributed by atoms with E-state index in [2.05, 4.69) is 79.3 Å². The summed E-state index contributed by atoms with van der Waals surface area (Å²) < 4.78 is 0. The maximum atomic E-state index is 11.5. The molecule has 27 heavy (non-hydrogen) atoms. The minimum absolute atomic E-state index is 0. The van der Waals surface area contributed by atoms with E-state index in [-0.39, 0.29) is 18.3 Å². The molecule has 0 radical (unpaired) electrons. The van der Waals surface area contributed by atoms with E-state index in [1.807, 2.05) is 17.1 Å². The van der Waals surface area contributed by atoms with Crippen LogP contribution in [-0.4, -0.2) is 29.4 Å². The lowest BCUT2D eigenvalue weighted by Gasteiger charge is -2.43. The molecule has 0 aliphatic carbocycles. The Kier molecular flexibility index (Phi) is 9.35. The van der Waals surface area contributed by atoms with E-state index < -0.39 is 0 Å². The second kappa shape index (κ2) is 9.99. The summed E-state index contributed by atoms with van der Waals surface area (Å²) in [7, 11) is 0. The van der Waals surface area contributed by atoms with Crippen molar-refractivity contribution in [3.05, 3.63) is 43.3 Å². The number of piperidine rings is 1. The van der Waals surface area contributed by atoms with E-state index >= 15 is 0 Å². The Morgan fingerprint density at radius 1 is 1.07 bits per heavy atom. The molecular weight excluding hydrogens is 332 g/mol. The second-order valence-electron chi connectivity index (χ2n) is 9.76. The Labute approximate surface area is 169 Å². The number of allylic oxidation sites excluding steroid dienone is 2. The van der Waals surface area contributed by atoms with Crippen LogP contribution in [0.25, 0.3) is 0 Å². The highest BCUT2D eigenvalue weighted by Gasteiger charge is 2.38. The fourth-order valence-corrected chi connectivity index (χ4v) is 3.01. The SMILES string of the molecule is C=C=C(NC(C)(C)C)C(C)(C=C)C1CCN(C(C)=O)CC1.C=CC(C)(C)C.[HH]. The van der Waals surface area contributed by atoms with Crippen molar-refractivity contribution in [2.45, 2.75) is 73.8 Å². The molecule has 1 atom stereocenters. The molecule has 1 saturated heterocycles. The Morgan fingerprint density at radius 3 is 1.78 bits per heavy atom. The molecule has 0 aromatic heterocycles. The van der Waals surface area contributed by atoms with Gasteiger partial charge in [-0.2, -0.15) is 0 Å². The molecule has 0 bridgehead atoms. The molecule has 0 saturated carbocycles.